The number of aryl methyl sites for hydroxylation is 1. The minimum absolute atomic E-state index is 0.316. The van der Waals surface area contributed by atoms with Crippen molar-refractivity contribution in [2.45, 2.75) is 31.9 Å². The molecule has 0 spiro atoms. The highest BCUT2D eigenvalue weighted by Crippen LogP contribution is 2.29. The number of likely N-dealkylation sites (tertiary alicyclic amines) is 1. The Kier molecular flexibility index (Phi) is 4.62. The Bertz CT molecular complexity index is 489. The number of benzene rings is 1. The molecule has 5 heteroatoms. The minimum atomic E-state index is -0.814. The van der Waals surface area contributed by atoms with Crippen LogP contribution in [0, 0.1) is 6.92 Å². The summed E-state index contributed by atoms with van der Waals surface area (Å²) in [6, 6.07) is 5.15. The van der Waals surface area contributed by atoms with Crippen molar-refractivity contribution in [1.29, 1.82) is 0 Å². The minimum Gasteiger partial charge on any atom is -0.496 e. The van der Waals surface area contributed by atoms with E-state index in [2.05, 4.69) is 0 Å². The molecule has 1 aromatic carbocycles. The van der Waals surface area contributed by atoms with E-state index < -0.39 is 18.1 Å². The van der Waals surface area contributed by atoms with Crippen LogP contribution in [0.25, 0.3) is 0 Å². The summed E-state index contributed by atoms with van der Waals surface area (Å²) in [6.45, 7) is 2.98. The van der Waals surface area contributed by atoms with E-state index in [1.54, 1.807) is 7.11 Å². The second-order valence-electron chi connectivity index (χ2n) is 5.25. The number of carboxylic acids is 1. The van der Waals surface area contributed by atoms with Crippen molar-refractivity contribution < 1.29 is 19.7 Å². The number of β-amino-alcohol motifs (C(OH)–C–C–N with tert-alkyl or cyclic N) is 1. The highest BCUT2D eigenvalue weighted by molar-refractivity contribution is 5.73. The molecule has 0 bridgehead atoms. The molecular formula is C15H21NO4. The van der Waals surface area contributed by atoms with Gasteiger partial charge in [-0.05, 0) is 38.4 Å². The van der Waals surface area contributed by atoms with Crippen molar-refractivity contribution >= 4 is 5.97 Å². The van der Waals surface area contributed by atoms with E-state index in [-0.39, 0.29) is 0 Å². The quantitative estimate of drug-likeness (QED) is 0.856. The SMILES string of the molecule is COc1ccc(C)cc1C(O)CN1CCCC1C(=O)O. The lowest BCUT2D eigenvalue weighted by molar-refractivity contribution is -0.142. The van der Waals surface area contributed by atoms with Crippen LogP contribution in [0.2, 0.25) is 0 Å². The summed E-state index contributed by atoms with van der Waals surface area (Å²) in [4.78, 5) is 13.0. The van der Waals surface area contributed by atoms with Crippen LogP contribution in [0.5, 0.6) is 5.75 Å². The van der Waals surface area contributed by atoms with Gasteiger partial charge in [0.1, 0.15) is 11.8 Å². The fourth-order valence-electron chi connectivity index (χ4n) is 2.76. The first-order valence-electron chi connectivity index (χ1n) is 6.82. The molecule has 0 aliphatic carbocycles. The number of carboxylic acid groups (broad SMARTS) is 1. The van der Waals surface area contributed by atoms with Gasteiger partial charge >= 0.3 is 5.97 Å². The molecule has 0 amide bonds. The van der Waals surface area contributed by atoms with Crippen LogP contribution in [-0.2, 0) is 4.79 Å². The normalized spacial score (nSPS) is 20.9. The molecule has 5 nitrogen and oxygen atoms in total. The molecule has 1 saturated heterocycles. The summed E-state index contributed by atoms with van der Waals surface area (Å²) in [5.74, 6) is -0.180. The van der Waals surface area contributed by atoms with Crippen molar-refractivity contribution in [2.75, 3.05) is 20.2 Å². The summed E-state index contributed by atoms with van der Waals surface area (Å²) in [5.41, 5.74) is 1.75. The van der Waals surface area contributed by atoms with Gasteiger partial charge in [-0.2, -0.15) is 0 Å². The van der Waals surface area contributed by atoms with Crippen LogP contribution >= 0.6 is 0 Å². The third-order valence-corrected chi connectivity index (χ3v) is 3.80. The third-order valence-electron chi connectivity index (χ3n) is 3.80. The molecule has 1 aliphatic rings. The molecule has 2 rings (SSSR count). The first-order chi connectivity index (χ1) is 9.52. The number of ether oxygens (including phenoxy) is 1. The van der Waals surface area contributed by atoms with E-state index in [4.69, 9.17) is 9.84 Å². The molecule has 2 unspecified atom stereocenters. The molecule has 20 heavy (non-hydrogen) atoms. The number of aliphatic hydroxyl groups excluding tert-OH is 1. The predicted octanol–water partition coefficient (Wildman–Crippen LogP) is 1.59. The number of hydrogen-bond acceptors (Lipinski definition) is 4. The van der Waals surface area contributed by atoms with Crippen LogP contribution < -0.4 is 4.74 Å². The van der Waals surface area contributed by atoms with Crippen molar-refractivity contribution in [2.24, 2.45) is 0 Å². The van der Waals surface area contributed by atoms with Gasteiger partial charge in [-0.25, -0.2) is 0 Å². The van der Waals surface area contributed by atoms with Crippen molar-refractivity contribution in [3.63, 3.8) is 0 Å². The Hall–Kier alpha value is -1.59. The summed E-state index contributed by atoms with van der Waals surface area (Å²) in [5, 5.41) is 19.6. The highest BCUT2D eigenvalue weighted by Gasteiger charge is 2.32. The molecule has 1 aromatic rings. The van der Waals surface area contributed by atoms with Gasteiger partial charge in [0.05, 0.1) is 13.2 Å². The van der Waals surface area contributed by atoms with E-state index >= 15 is 0 Å². The van der Waals surface area contributed by atoms with Crippen LogP contribution in [0.3, 0.4) is 0 Å². The van der Waals surface area contributed by atoms with Gasteiger partial charge in [0, 0.05) is 12.1 Å². The van der Waals surface area contributed by atoms with Crippen molar-refractivity contribution in [3.05, 3.63) is 29.3 Å². The zero-order valence-corrected chi connectivity index (χ0v) is 11.9. The number of nitrogens with zero attached hydrogens (tertiary/aromatic N) is 1. The fraction of sp³-hybridized carbons (Fsp3) is 0.533. The number of rotatable bonds is 5. The predicted molar refractivity (Wildman–Crippen MR) is 74.9 cm³/mol. The fourth-order valence-corrected chi connectivity index (χ4v) is 2.76. The maximum atomic E-state index is 11.2. The van der Waals surface area contributed by atoms with E-state index in [1.165, 1.54) is 0 Å². The standard InChI is InChI=1S/C15H21NO4/c1-10-5-6-14(20-2)11(8-10)13(17)9-16-7-3-4-12(16)15(18)19/h5-6,8,12-13,17H,3-4,7,9H2,1-2H3,(H,18,19). The number of hydrogen-bond donors (Lipinski definition) is 2. The van der Waals surface area contributed by atoms with Gasteiger partial charge in [0.2, 0.25) is 0 Å². The van der Waals surface area contributed by atoms with E-state index in [9.17, 15) is 9.90 Å². The van der Waals surface area contributed by atoms with Gasteiger partial charge in [0.25, 0.3) is 0 Å². The lowest BCUT2D eigenvalue weighted by Gasteiger charge is -2.25. The van der Waals surface area contributed by atoms with Crippen LogP contribution in [-0.4, -0.2) is 47.3 Å². The monoisotopic (exact) mass is 279 g/mol. The molecule has 1 fully saturated rings. The second-order valence-corrected chi connectivity index (χ2v) is 5.25. The second kappa shape index (κ2) is 6.24. The zero-order chi connectivity index (χ0) is 14.7. The molecule has 110 valence electrons. The van der Waals surface area contributed by atoms with Gasteiger partial charge in [0.15, 0.2) is 0 Å². The smallest absolute Gasteiger partial charge is 0.320 e. The van der Waals surface area contributed by atoms with Gasteiger partial charge in [-0.3, -0.25) is 9.69 Å². The number of aliphatic hydroxyl groups is 1. The summed E-state index contributed by atoms with van der Waals surface area (Å²) < 4.78 is 5.27. The number of methoxy groups -OCH3 is 1. The highest BCUT2D eigenvalue weighted by atomic mass is 16.5. The van der Waals surface area contributed by atoms with E-state index in [1.807, 2.05) is 30.0 Å². The molecule has 0 radical (unpaired) electrons. The Labute approximate surface area is 118 Å². The van der Waals surface area contributed by atoms with Crippen molar-refractivity contribution in [3.8, 4) is 5.75 Å². The molecule has 2 N–H and O–H groups in total. The largest absolute Gasteiger partial charge is 0.496 e. The van der Waals surface area contributed by atoms with Crippen LogP contribution in [0.4, 0.5) is 0 Å². The topological polar surface area (TPSA) is 70.0 Å². The lowest BCUT2D eigenvalue weighted by atomic mass is 10.0. The zero-order valence-electron chi connectivity index (χ0n) is 11.9. The first-order valence-corrected chi connectivity index (χ1v) is 6.82. The molecule has 2 atom stereocenters. The molecule has 1 aliphatic heterocycles. The molecule has 0 aromatic heterocycles. The van der Waals surface area contributed by atoms with E-state index in [0.29, 0.717) is 30.8 Å². The van der Waals surface area contributed by atoms with Gasteiger partial charge < -0.3 is 14.9 Å². The Morgan fingerprint density at radius 3 is 2.95 bits per heavy atom. The Morgan fingerprint density at radius 1 is 1.55 bits per heavy atom. The first kappa shape index (κ1) is 14.8. The summed E-state index contributed by atoms with van der Waals surface area (Å²) >= 11 is 0. The lowest BCUT2D eigenvalue weighted by Crippen LogP contribution is -2.38. The Balaban J connectivity index is 2.13. The average molecular weight is 279 g/mol. The maximum Gasteiger partial charge on any atom is 0.320 e. The molecule has 1 heterocycles. The van der Waals surface area contributed by atoms with Gasteiger partial charge in [-0.15, -0.1) is 0 Å². The third kappa shape index (κ3) is 3.11. The van der Waals surface area contributed by atoms with Crippen LogP contribution in [0.15, 0.2) is 18.2 Å². The van der Waals surface area contributed by atoms with E-state index in [0.717, 1.165) is 12.0 Å². The maximum absolute atomic E-state index is 11.2. The Morgan fingerprint density at radius 2 is 2.30 bits per heavy atom. The van der Waals surface area contributed by atoms with Crippen LogP contribution in [0.1, 0.15) is 30.1 Å². The number of carbonyl (C=O) groups is 1. The average Bonchev–Trinajstić information content (AvgIpc) is 2.87. The molecule has 0 saturated carbocycles. The molecular weight excluding hydrogens is 258 g/mol. The summed E-state index contributed by atoms with van der Waals surface area (Å²) in [6.07, 6.45) is 0.756. The summed E-state index contributed by atoms with van der Waals surface area (Å²) in [7, 11) is 1.57. The van der Waals surface area contributed by atoms with Gasteiger partial charge in [-0.1, -0.05) is 11.6 Å². The number of aliphatic carboxylic acids is 1. The van der Waals surface area contributed by atoms with Crippen molar-refractivity contribution in [1.82, 2.24) is 4.90 Å².